The van der Waals surface area contributed by atoms with E-state index in [0.29, 0.717) is 12.6 Å². The third kappa shape index (κ3) is 3.14. The number of aryl methyl sites for hydroxylation is 1. The Labute approximate surface area is 118 Å². The molecule has 1 aromatic heterocycles. The zero-order valence-corrected chi connectivity index (χ0v) is 12.7. The van der Waals surface area contributed by atoms with Crippen molar-refractivity contribution >= 4 is 11.3 Å². The van der Waals surface area contributed by atoms with Gasteiger partial charge in [0.25, 0.3) is 0 Å². The Bertz CT molecular complexity index is 551. The Kier molecular flexibility index (Phi) is 4.56. The van der Waals surface area contributed by atoms with Crippen molar-refractivity contribution in [2.45, 2.75) is 26.8 Å². The van der Waals surface area contributed by atoms with Crippen LogP contribution < -0.4 is 10.1 Å². The molecule has 2 aromatic rings. The van der Waals surface area contributed by atoms with Gasteiger partial charge in [-0.05, 0) is 51.6 Å². The minimum atomic E-state index is 0.293. The molecule has 4 heteroatoms. The van der Waals surface area contributed by atoms with Crippen molar-refractivity contribution in [1.29, 1.82) is 0 Å². The standard InChI is InChI=1S/C15H20N2OS/c1-5-18-12-6-7-13(10(2)8-12)14-9-19-15(17-14)11(3)16-4/h6-9,11,16H,5H2,1-4H3. The largest absolute Gasteiger partial charge is 0.494 e. The molecule has 1 N–H and O–H groups in total. The van der Waals surface area contributed by atoms with E-state index in [0.717, 1.165) is 16.5 Å². The summed E-state index contributed by atoms with van der Waals surface area (Å²) in [6.07, 6.45) is 0. The Morgan fingerprint density at radius 1 is 1.42 bits per heavy atom. The summed E-state index contributed by atoms with van der Waals surface area (Å²) in [5.41, 5.74) is 3.41. The third-order valence-corrected chi connectivity index (χ3v) is 4.14. The summed E-state index contributed by atoms with van der Waals surface area (Å²) >= 11 is 1.70. The van der Waals surface area contributed by atoms with Gasteiger partial charge >= 0.3 is 0 Å². The van der Waals surface area contributed by atoms with E-state index >= 15 is 0 Å². The lowest BCUT2D eigenvalue weighted by atomic mass is 10.1. The van der Waals surface area contributed by atoms with E-state index < -0.39 is 0 Å². The number of hydrogen-bond donors (Lipinski definition) is 1. The predicted octanol–water partition coefficient (Wildman–Crippen LogP) is 3.80. The fraction of sp³-hybridized carbons (Fsp3) is 0.400. The predicted molar refractivity (Wildman–Crippen MR) is 80.9 cm³/mol. The first kappa shape index (κ1) is 14.0. The van der Waals surface area contributed by atoms with Crippen LogP contribution >= 0.6 is 11.3 Å². The SMILES string of the molecule is CCOc1ccc(-c2csc(C(C)NC)n2)c(C)c1. The maximum Gasteiger partial charge on any atom is 0.119 e. The number of ether oxygens (including phenoxy) is 1. The van der Waals surface area contributed by atoms with E-state index in [1.807, 2.05) is 20.0 Å². The molecule has 1 aromatic carbocycles. The van der Waals surface area contributed by atoms with Crippen LogP contribution in [0.3, 0.4) is 0 Å². The van der Waals surface area contributed by atoms with Gasteiger partial charge in [-0.2, -0.15) is 0 Å². The molecule has 1 heterocycles. The average molecular weight is 276 g/mol. The first-order valence-electron chi connectivity index (χ1n) is 6.52. The second-order valence-corrected chi connectivity index (χ2v) is 5.38. The van der Waals surface area contributed by atoms with Gasteiger partial charge < -0.3 is 10.1 Å². The van der Waals surface area contributed by atoms with Crippen LogP contribution in [0.15, 0.2) is 23.6 Å². The summed E-state index contributed by atoms with van der Waals surface area (Å²) in [5.74, 6) is 0.919. The maximum absolute atomic E-state index is 5.51. The second-order valence-electron chi connectivity index (χ2n) is 4.49. The molecular weight excluding hydrogens is 256 g/mol. The summed E-state index contributed by atoms with van der Waals surface area (Å²) in [6, 6.07) is 6.45. The molecule has 0 fully saturated rings. The number of nitrogens with zero attached hydrogens (tertiary/aromatic N) is 1. The van der Waals surface area contributed by atoms with Crippen LogP contribution in [0.1, 0.15) is 30.5 Å². The molecule has 1 atom stereocenters. The van der Waals surface area contributed by atoms with Crippen molar-refractivity contribution in [1.82, 2.24) is 10.3 Å². The molecule has 0 spiro atoms. The van der Waals surface area contributed by atoms with E-state index in [2.05, 4.69) is 36.7 Å². The molecule has 0 aliphatic carbocycles. The van der Waals surface area contributed by atoms with Crippen molar-refractivity contribution in [2.24, 2.45) is 0 Å². The highest BCUT2D eigenvalue weighted by molar-refractivity contribution is 7.10. The first-order chi connectivity index (χ1) is 9.15. The smallest absolute Gasteiger partial charge is 0.119 e. The number of thiazole rings is 1. The molecule has 19 heavy (non-hydrogen) atoms. The molecule has 102 valence electrons. The summed E-state index contributed by atoms with van der Waals surface area (Å²) in [6.45, 7) is 6.90. The van der Waals surface area contributed by atoms with Crippen molar-refractivity contribution in [3.63, 3.8) is 0 Å². The molecule has 0 bridgehead atoms. The van der Waals surface area contributed by atoms with E-state index in [1.165, 1.54) is 11.1 Å². The number of nitrogens with one attached hydrogen (secondary N) is 1. The van der Waals surface area contributed by atoms with Gasteiger partial charge in [0.1, 0.15) is 10.8 Å². The first-order valence-corrected chi connectivity index (χ1v) is 7.40. The van der Waals surface area contributed by atoms with E-state index in [9.17, 15) is 0 Å². The van der Waals surface area contributed by atoms with E-state index in [1.54, 1.807) is 11.3 Å². The van der Waals surface area contributed by atoms with Crippen molar-refractivity contribution in [3.05, 3.63) is 34.2 Å². The molecule has 0 radical (unpaired) electrons. The summed E-state index contributed by atoms with van der Waals surface area (Å²) in [5, 5.41) is 6.45. The van der Waals surface area contributed by atoms with Gasteiger partial charge in [-0.1, -0.05) is 0 Å². The summed E-state index contributed by atoms with van der Waals surface area (Å²) in [4.78, 5) is 4.70. The van der Waals surface area contributed by atoms with Crippen LogP contribution in [0.25, 0.3) is 11.3 Å². The van der Waals surface area contributed by atoms with Gasteiger partial charge in [0.15, 0.2) is 0 Å². The highest BCUT2D eigenvalue weighted by atomic mass is 32.1. The molecule has 0 aliphatic heterocycles. The zero-order chi connectivity index (χ0) is 13.8. The monoisotopic (exact) mass is 276 g/mol. The Balaban J connectivity index is 2.29. The minimum Gasteiger partial charge on any atom is -0.494 e. The molecule has 3 nitrogen and oxygen atoms in total. The number of aromatic nitrogens is 1. The van der Waals surface area contributed by atoms with Gasteiger partial charge in [0, 0.05) is 10.9 Å². The summed E-state index contributed by atoms with van der Waals surface area (Å²) < 4.78 is 5.51. The molecule has 2 rings (SSSR count). The van der Waals surface area contributed by atoms with Crippen LogP contribution in [0.4, 0.5) is 0 Å². The lowest BCUT2D eigenvalue weighted by molar-refractivity contribution is 0.340. The van der Waals surface area contributed by atoms with Gasteiger partial charge in [-0.3, -0.25) is 0 Å². The minimum absolute atomic E-state index is 0.293. The third-order valence-electron chi connectivity index (χ3n) is 3.11. The lowest BCUT2D eigenvalue weighted by Crippen LogP contribution is -2.11. The number of rotatable bonds is 5. The Hall–Kier alpha value is -1.39. The van der Waals surface area contributed by atoms with Gasteiger partial charge in [-0.25, -0.2) is 4.98 Å². The molecule has 1 unspecified atom stereocenters. The average Bonchev–Trinajstić information content (AvgIpc) is 2.88. The molecule has 0 aliphatic rings. The normalized spacial score (nSPS) is 12.4. The van der Waals surface area contributed by atoms with Crippen LogP contribution in [-0.2, 0) is 0 Å². The number of hydrogen-bond acceptors (Lipinski definition) is 4. The highest BCUT2D eigenvalue weighted by Crippen LogP contribution is 2.29. The molecular formula is C15H20N2OS. The summed E-state index contributed by atoms with van der Waals surface area (Å²) in [7, 11) is 1.95. The van der Waals surface area contributed by atoms with Crippen LogP contribution in [0.5, 0.6) is 5.75 Å². The van der Waals surface area contributed by atoms with Gasteiger partial charge in [-0.15, -0.1) is 11.3 Å². The zero-order valence-electron chi connectivity index (χ0n) is 11.9. The molecule has 0 saturated carbocycles. The number of benzene rings is 1. The highest BCUT2D eigenvalue weighted by Gasteiger charge is 2.11. The molecule has 0 saturated heterocycles. The maximum atomic E-state index is 5.51. The van der Waals surface area contributed by atoms with Crippen LogP contribution in [0.2, 0.25) is 0 Å². The second kappa shape index (κ2) is 6.17. The molecule has 0 amide bonds. The van der Waals surface area contributed by atoms with Crippen molar-refractivity contribution in [3.8, 4) is 17.0 Å². The van der Waals surface area contributed by atoms with E-state index in [4.69, 9.17) is 9.72 Å². The van der Waals surface area contributed by atoms with Crippen LogP contribution in [0, 0.1) is 6.92 Å². The van der Waals surface area contributed by atoms with Gasteiger partial charge in [0.2, 0.25) is 0 Å². The Morgan fingerprint density at radius 2 is 2.21 bits per heavy atom. The van der Waals surface area contributed by atoms with E-state index in [-0.39, 0.29) is 0 Å². The quantitative estimate of drug-likeness (QED) is 0.902. The van der Waals surface area contributed by atoms with Crippen molar-refractivity contribution < 1.29 is 4.74 Å². The fourth-order valence-electron chi connectivity index (χ4n) is 1.91. The fourth-order valence-corrected chi connectivity index (χ4v) is 2.80. The van der Waals surface area contributed by atoms with Crippen molar-refractivity contribution in [2.75, 3.05) is 13.7 Å². The topological polar surface area (TPSA) is 34.1 Å². The van der Waals surface area contributed by atoms with Gasteiger partial charge in [0.05, 0.1) is 18.3 Å². The Morgan fingerprint density at radius 3 is 2.84 bits per heavy atom. The lowest BCUT2D eigenvalue weighted by Gasteiger charge is -2.08. The van der Waals surface area contributed by atoms with Crippen LogP contribution in [-0.4, -0.2) is 18.6 Å².